The molecule has 0 aliphatic carbocycles. The number of aryl methyl sites for hydroxylation is 1. The van der Waals surface area contributed by atoms with Crippen LogP contribution in [0.3, 0.4) is 0 Å². The molecule has 0 unspecified atom stereocenters. The van der Waals surface area contributed by atoms with E-state index in [1.54, 1.807) is 0 Å². The lowest BCUT2D eigenvalue weighted by Crippen LogP contribution is -2.13. The molecule has 82 valence electrons. The van der Waals surface area contributed by atoms with Crippen molar-refractivity contribution in [2.24, 2.45) is 0 Å². The molecule has 0 spiro atoms. The Kier molecular flexibility index (Phi) is 3.78. The van der Waals surface area contributed by atoms with Gasteiger partial charge in [-0.15, -0.1) is 0 Å². The second-order valence-electron chi connectivity index (χ2n) is 3.66. The standard InChI is InChI=1S/C12H17NOS/c1-15-9-8-14-11-6-2-4-10-5-3-7-13-12(10)11/h2,4,6,13H,3,5,7-9H2,1H3. The molecule has 1 aliphatic rings. The number of anilines is 1. The summed E-state index contributed by atoms with van der Waals surface area (Å²) in [5.74, 6) is 2.06. The molecule has 1 aliphatic heterocycles. The third-order valence-electron chi connectivity index (χ3n) is 2.58. The first-order valence-electron chi connectivity index (χ1n) is 5.39. The van der Waals surface area contributed by atoms with Gasteiger partial charge in [0.1, 0.15) is 5.75 Å². The summed E-state index contributed by atoms with van der Waals surface area (Å²) in [4.78, 5) is 0. The minimum atomic E-state index is 0.791. The predicted octanol–water partition coefficient (Wildman–Crippen LogP) is 2.79. The molecule has 15 heavy (non-hydrogen) atoms. The number of benzene rings is 1. The lowest BCUT2D eigenvalue weighted by Gasteiger charge is -2.21. The zero-order valence-electron chi connectivity index (χ0n) is 9.08. The highest BCUT2D eigenvalue weighted by Crippen LogP contribution is 2.31. The van der Waals surface area contributed by atoms with Gasteiger partial charge < -0.3 is 10.1 Å². The van der Waals surface area contributed by atoms with Crippen LogP contribution in [0.15, 0.2) is 18.2 Å². The van der Waals surface area contributed by atoms with Gasteiger partial charge in [-0.2, -0.15) is 11.8 Å². The normalized spacial score (nSPS) is 14.2. The lowest BCUT2D eigenvalue weighted by molar-refractivity contribution is 0.345. The van der Waals surface area contributed by atoms with Crippen LogP contribution in [0, 0.1) is 0 Å². The number of rotatable bonds is 4. The van der Waals surface area contributed by atoms with Crippen LogP contribution in [0.2, 0.25) is 0 Å². The molecule has 1 aromatic carbocycles. The van der Waals surface area contributed by atoms with E-state index in [1.807, 2.05) is 11.8 Å². The second-order valence-corrected chi connectivity index (χ2v) is 4.65. The van der Waals surface area contributed by atoms with Crippen molar-refractivity contribution in [3.8, 4) is 5.75 Å². The van der Waals surface area contributed by atoms with Crippen LogP contribution >= 0.6 is 11.8 Å². The van der Waals surface area contributed by atoms with Crippen LogP contribution in [-0.2, 0) is 6.42 Å². The van der Waals surface area contributed by atoms with Crippen molar-refractivity contribution < 1.29 is 4.74 Å². The molecule has 0 bridgehead atoms. The molecule has 1 aromatic rings. The first-order chi connectivity index (χ1) is 7.42. The first-order valence-corrected chi connectivity index (χ1v) is 6.78. The Balaban J connectivity index is 2.09. The molecule has 0 amide bonds. The maximum Gasteiger partial charge on any atom is 0.142 e. The monoisotopic (exact) mass is 223 g/mol. The predicted molar refractivity (Wildman–Crippen MR) is 67.1 cm³/mol. The molecule has 0 fully saturated rings. The van der Waals surface area contributed by atoms with Crippen LogP contribution in [-0.4, -0.2) is 25.2 Å². The van der Waals surface area contributed by atoms with Gasteiger partial charge >= 0.3 is 0 Å². The quantitative estimate of drug-likeness (QED) is 0.793. The topological polar surface area (TPSA) is 21.3 Å². The van der Waals surface area contributed by atoms with Crippen molar-refractivity contribution in [3.63, 3.8) is 0 Å². The minimum absolute atomic E-state index is 0.791. The maximum absolute atomic E-state index is 5.76. The van der Waals surface area contributed by atoms with Crippen molar-refractivity contribution in [2.75, 3.05) is 30.5 Å². The number of para-hydroxylation sites is 1. The molecule has 0 atom stereocenters. The average molecular weight is 223 g/mol. The highest BCUT2D eigenvalue weighted by molar-refractivity contribution is 7.98. The number of nitrogens with one attached hydrogen (secondary N) is 1. The van der Waals surface area contributed by atoms with Gasteiger partial charge in [0.2, 0.25) is 0 Å². The van der Waals surface area contributed by atoms with Gasteiger partial charge in [0.15, 0.2) is 0 Å². The molecule has 0 saturated carbocycles. The van der Waals surface area contributed by atoms with Gasteiger partial charge in [0.25, 0.3) is 0 Å². The Labute approximate surface area is 95.4 Å². The van der Waals surface area contributed by atoms with E-state index in [0.29, 0.717) is 0 Å². The largest absolute Gasteiger partial charge is 0.491 e. The summed E-state index contributed by atoms with van der Waals surface area (Å²) in [6.45, 7) is 1.86. The number of thioether (sulfide) groups is 1. The van der Waals surface area contributed by atoms with Crippen molar-refractivity contribution in [1.82, 2.24) is 0 Å². The van der Waals surface area contributed by atoms with Crippen LogP contribution < -0.4 is 10.1 Å². The zero-order chi connectivity index (χ0) is 10.5. The fraction of sp³-hybridized carbons (Fsp3) is 0.500. The van der Waals surface area contributed by atoms with Gasteiger partial charge in [0.05, 0.1) is 12.3 Å². The van der Waals surface area contributed by atoms with Crippen molar-refractivity contribution in [3.05, 3.63) is 23.8 Å². The number of ether oxygens (including phenoxy) is 1. The van der Waals surface area contributed by atoms with Crippen molar-refractivity contribution in [1.29, 1.82) is 0 Å². The molecule has 2 rings (SSSR count). The third-order valence-corrected chi connectivity index (χ3v) is 3.16. The van der Waals surface area contributed by atoms with Crippen molar-refractivity contribution >= 4 is 17.4 Å². The summed E-state index contributed by atoms with van der Waals surface area (Å²) in [6.07, 6.45) is 4.49. The van der Waals surface area contributed by atoms with E-state index in [9.17, 15) is 0 Å². The number of fused-ring (bicyclic) bond motifs is 1. The van der Waals surface area contributed by atoms with E-state index in [0.717, 1.165) is 24.7 Å². The van der Waals surface area contributed by atoms with Gasteiger partial charge in [0, 0.05) is 12.3 Å². The van der Waals surface area contributed by atoms with Gasteiger partial charge in [-0.05, 0) is 30.7 Å². The first kappa shape index (κ1) is 10.7. The zero-order valence-corrected chi connectivity index (χ0v) is 9.90. The molecular weight excluding hydrogens is 206 g/mol. The summed E-state index contributed by atoms with van der Waals surface area (Å²) in [7, 11) is 0. The van der Waals surface area contributed by atoms with Crippen LogP contribution in [0.5, 0.6) is 5.75 Å². The second kappa shape index (κ2) is 5.31. The summed E-state index contributed by atoms with van der Waals surface area (Å²) >= 11 is 1.81. The van der Waals surface area contributed by atoms with E-state index >= 15 is 0 Å². The van der Waals surface area contributed by atoms with Gasteiger partial charge in [-0.1, -0.05) is 12.1 Å². The number of hydrogen-bond donors (Lipinski definition) is 1. The molecule has 0 saturated heterocycles. The smallest absolute Gasteiger partial charge is 0.142 e. The number of hydrogen-bond acceptors (Lipinski definition) is 3. The van der Waals surface area contributed by atoms with Crippen LogP contribution in [0.1, 0.15) is 12.0 Å². The summed E-state index contributed by atoms with van der Waals surface area (Å²) in [5, 5.41) is 3.43. The Morgan fingerprint density at radius 2 is 2.40 bits per heavy atom. The van der Waals surface area contributed by atoms with E-state index in [-0.39, 0.29) is 0 Å². The van der Waals surface area contributed by atoms with Gasteiger partial charge in [-0.25, -0.2) is 0 Å². The molecule has 1 heterocycles. The minimum Gasteiger partial charge on any atom is -0.491 e. The van der Waals surface area contributed by atoms with Crippen LogP contribution in [0.25, 0.3) is 0 Å². The fourth-order valence-corrected chi connectivity index (χ4v) is 2.08. The molecule has 3 heteroatoms. The molecule has 0 radical (unpaired) electrons. The van der Waals surface area contributed by atoms with E-state index in [4.69, 9.17) is 4.74 Å². The van der Waals surface area contributed by atoms with E-state index in [2.05, 4.69) is 29.8 Å². The highest BCUT2D eigenvalue weighted by atomic mass is 32.2. The van der Waals surface area contributed by atoms with E-state index in [1.165, 1.54) is 24.1 Å². The molecule has 1 N–H and O–H groups in total. The SMILES string of the molecule is CSCCOc1cccc2c1NCCC2. The lowest BCUT2D eigenvalue weighted by atomic mass is 10.0. The Morgan fingerprint density at radius 3 is 3.27 bits per heavy atom. The van der Waals surface area contributed by atoms with Gasteiger partial charge in [-0.3, -0.25) is 0 Å². The van der Waals surface area contributed by atoms with Crippen LogP contribution in [0.4, 0.5) is 5.69 Å². The van der Waals surface area contributed by atoms with Crippen molar-refractivity contribution in [2.45, 2.75) is 12.8 Å². The summed E-state index contributed by atoms with van der Waals surface area (Å²) < 4.78 is 5.76. The summed E-state index contributed by atoms with van der Waals surface area (Å²) in [6, 6.07) is 6.32. The molecule has 0 aromatic heterocycles. The molecule has 2 nitrogen and oxygen atoms in total. The Bertz CT molecular complexity index is 327. The Morgan fingerprint density at radius 1 is 1.47 bits per heavy atom. The third kappa shape index (κ3) is 2.59. The summed E-state index contributed by atoms with van der Waals surface area (Å²) in [5.41, 5.74) is 2.60. The van der Waals surface area contributed by atoms with E-state index < -0.39 is 0 Å². The highest BCUT2D eigenvalue weighted by Gasteiger charge is 2.12. The molecular formula is C12H17NOS. The Hall–Kier alpha value is -0.830. The fourth-order valence-electron chi connectivity index (χ4n) is 1.83. The average Bonchev–Trinajstić information content (AvgIpc) is 2.30. The maximum atomic E-state index is 5.76.